The fraction of sp³-hybridized carbons (Fsp3) is 0.111. The summed E-state index contributed by atoms with van der Waals surface area (Å²) < 4.78 is 38.4. The average molecular weight is 280 g/mol. The van der Waals surface area contributed by atoms with E-state index < -0.39 is 17.8 Å². The smallest absolute Gasteiger partial charge is 0.417 e. The van der Waals surface area contributed by atoms with Gasteiger partial charge in [-0.2, -0.15) is 13.2 Å². The van der Waals surface area contributed by atoms with Gasteiger partial charge >= 0.3 is 12.3 Å². The standard InChI is InChI=1S/C9H5ClF3N3O2/c10-6-7(15-8(17)18)14-5-2-1-4(3-16(5)6)9(11,12)13/h1-3,15H,(H,17,18). The molecule has 2 aromatic heterocycles. The molecule has 0 bridgehead atoms. The number of rotatable bonds is 1. The molecule has 0 spiro atoms. The summed E-state index contributed by atoms with van der Waals surface area (Å²) in [4.78, 5) is 14.2. The molecular formula is C9H5ClF3N3O2. The minimum Gasteiger partial charge on any atom is -0.465 e. The Kier molecular flexibility index (Phi) is 2.81. The van der Waals surface area contributed by atoms with Crippen molar-refractivity contribution in [2.45, 2.75) is 6.18 Å². The third-order valence-corrected chi connectivity index (χ3v) is 2.47. The number of pyridine rings is 1. The van der Waals surface area contributed by atoms with Gasteiger partial charge in [-0.25, -0.2) is 9.78 Å². The molecule has 0 atom stereocenters. The lowest BCUT2D eigenvalue weighted by Crippen LogP contribution is -2.08. The Morgan fingerprint density at radius 1 is 1.44 bits per heavy atom. The van der Waals surface area contributed by atoms with Crippen molar-refractivity contribution in [1.82, 2.24) is 9.38 Å². The summed E-state index contributed by atoms with van der Waals surface area (Å²) in [5.41, 5.74) is -0.798. The first kappa shape index (κ1) is 12.5. The van der Waals surface area contributed by atoms with Crippen molar-refractivity contribution in [2.75, 3.05) is 5.32 Å². The maximum atomic E-state index is 12.5. The third-order valence-electron chi connectivity index (χ3n) is 2.11. The zero-order valence-corrected chi connectivity index (χ0v) is 9.25. The number of amides is 1. The minimum absolute atomic E-state index is 0.108. The van der Waals surface area contributed by atoms with Gasteiger partial charge in [0, 0.05) is 6.20 Å². The second kappa shape index (κ2) is 4.05. The van der Waals surface area contributed by atoms with Gasteiger partial charge in [0.25, 0.3) is 0 Å². The molecule has 1 amide bonds. The van der Waals surface area contributed by atoms with Crippen molar-refractivity contribution in [3.05, 3.63) is 29.0 Å². The van der Waals surface area contributed by atoms with Gasteiger partial charge in [0.2, 0.25) is 0 Å². The molecule has 18 heavy (non-hydrogen) atoms. The lowest BCUT2D eigenvalue weighted by atomic mass is 10.3. The number of fused-ring (bicyclic) bond motifs is 1. The maximum absolute atomic E-state index is 12.5. The van der Waals surface area contributed by atoms with Crippen LogP contribution in [0.3, 0.4) is 0 Å². The van der Waals surface area contributed by atoms with E-state index in [9.17, 15) is 18.0 Å². The van der Waals surface area contributed by atoms with Crippen molar-refractivity contribution in [2.24, 2.45) is 0 Å². The van der Waals surface area contributed by atoms with Gasteiger partial charge in [-0.3, -0.25) is 9.72 Å². The highest BCUT2D eigenvalue weighted by Gasteiger charge is 2.31. The van der Waals surface area contributed by atoms with Crippen molar-refractivity contribution < 1.29 is 23.1 Å². The van der Waals surface area contributed by atoms with Crippen LogP contribution in [0.15, 0.2) is 18.3 Å². The highest BCUT2D eigenvalue weighted by atomic mass is 35.5. The van der Waals surface area contributed by atoms with Crippen LogP contribution >= 0.6 is 11.6 Å². The number of carboxylic acid groups (broad SMARTS) is 1. The minimum atomic E-state index is -4.51. The van der Waals surface area contributed by atoms with Crippen LogP contribution in [0, 0.1) is 0 Å². The molecule has 2 rings (SSSR count). The number of halogens is 4. The van der Waals surface area contributed by atoms with Crippen LogP contribution < -0.4 is 5.32 Å². The SMILES string of the molecule is O=C(O)Nc1nc2ccc(C(F)(F)F)cn2c1Cl. The molecule has 0 aromatic carbocycles. The quantitative estimate of drug-likeness (QED) is 0.843. The van der Waals surface area contributed by atoms with E-state index >= 15 is 0 Å². The van der Waals surface area contributed by atoms with E-state index in [1.807, 2.05) is 5.32 Å². The number of aromatic nitrogens is 2. The first-order valence-corrected chi connectivity index (χ1v) is 4.91. The lowest BCUT2D eigenvalue weighted by molar-refractivity contribution is -0.137. The molecule has 2 aromatic rings. The third kappa shape index (κ3) is 2.19. The Labute approximate surface area is 103 Å². The molecule has 0 fully saturated rings. The number of alkyl halides is 3. The van der Waals surface area contributed by atoms with Crippen LogP contribution in [0.5, 0.6) is 0 Å². The van der Waals surface area contributed by atoms with Gasteiger partial charge in [-0.15, -0.1) is 0 Å². The van der Waals surface area contributed by atoms with Crippen molar-refractivity contribution in [3.8, 4) is 0 Å². The summed E-state index contributed by atoms with van der Waals surface area (Å²) in [5, 5.41) is 10.2. The zero-order valence-electron chi connectivity index (χ0n) is 8.49. The molecule has 96 valence electrons. The number of nitrogens with one attached hydrogen (secondary N) is 1. The van der Waals surface area contributed by atoms with E-state index in [0.29, 0.717) is 0 Å². The van der Waals surface area contributed by atoms with E-state index in [1.165, 1.54) is 0 Å². The number of nitrogens with zero attached hydrogens (tertiary/aromatic N) is 2. The van der Waals surface area contributed by atoms with E-state index in [1.54, 1.807) is 0 Å². The normalized spacial score (nSPS) is 11.8. The van der Waals surface area contributed by atoms with E-state index in [-0.39, 0.29) is 16.6 Å². The molecule has 0 radical (unpaired) electrons. The number of imidazole rings is 1. The highest BCUT2D eigenvalue weighted by molar-refractivity contribution is 6.32. The van der Waals surface area contributed by atoms with Gasteiger partial charge in [0.15, 0.2) is 11.0 Å². The van der Waals surface area contributed by atoms with Crippen molar-refractivity contribution in [1.29, 1.82) is 0 Å². The van der Waals surface area contributed by atoms with Crippen LogP contribution in [0.25, 0.3) is 5.65 Å². The molecule has 0 unspecified atom stereocenters. The summed E-state index contributed by atoms with van der Waals surface area (Å²) in [6, 6.07) is 1.94. The fourth-order valence-electron chi connectivity index (χ4n) is 1.36. The molecular weight excluding hydrogens is 275 g/mol. The first-order valence-electron chi connectivity index (χ1n) is 4.54. The highest BCUT2D eigenvalue weighted by Crippen LogP contribution is 2.31. The Balaban J connectivity index is 2.57. The van der Waals surface area contributed by atoms with Crippen LogP contribution in [0.1, 0.15) is 5.56 Å². The molecule has 0 saturated heterocycles. The molecule has 0 aliphatic carbocycles. The number of carbonyl (C=O) groups is 1. The summed E-state index contributed by atoms with van der Waals surface area (Å²) in [6.07, 6.45) is -5.17. The second-order valence-electron chi connectivity index (χ2n) is 3.33. The van der Waals surface area contributed by atoms with Gasteiger partial charge in [0.1, 0.15) is 5.65 Å². The van der Waals surface area contributed by atoms with Crippen LogP contribution in [-0.2, 0) is 6.18 Å². The van der Waals surface area contributed by atoms with E-state index in [2.05, 4.69) is 4.98 Å². The van der Waals surface area contributed by atoms with Crippen LogP contribution in [0.2, 0.25) is 5.15 Å². The summed E-state index contributed by atoms with van der Waals surface area (Å²) >= 11 is 5.73. The van der Waals surface area contributed by atoms with E-state index in [4.69, 9.17) is 16.7 Å². The summed E-state index contributed by atoms with van der Waals surface area (Å²) in [7, 11) is 0. The monoisotopic (exact) mass is 279 g/mol. The number of hydrogen-bond acceptors (Lipinski definition) is 2. The van der Waals surface area contributed by atoms with Crippen molar-refractivity contribution >= 4 is 29.2 Å². The second-order valence-corrected chi connectivity index (χ2v) is 3.68. The van der Waals surface area contributed by atoms with Crippen LogP contribution in [-0.4, -0.2) is 20.6 Å². The summed E-state index contributed by atoms with van der Waals surface area (Å²) in [5.74, 6) is -0.219. The fourth-order valence-corrected chi connectivity index (χ4v) is 1.59. The topological polar surface area (TPSA) is 66.6 Å². The number of hydrogen-bond donors (Lipinski definition) is 2. The van der Waals surface area contributed by atoms with Gasteiger partial charge in [0.05, 0.1) is 5.56 Å². The summed E-state index contributed by atoms with van der Waals surface area (Å²) in [6.45, 7) is 0. The molecule has 5 nitrogen and oxygen atoms in total. The maximum Gasteiger partial charge on any atom is 0.417 e. The molecule has 0 aliphatic heterocycles. The molecule has 9 heteroatoms. The Morgan fingerprint density at radius 2 is 2.11 bits per heavy atom. The van der Waals surface area contributed by atoms with Crippen molar-refractivity contribution in [3.63, 3.8) is 0 Å². The van der Waals surface area contributed by atoms with E-state index in [0.717, 1.165) is 22.7 Å². The zero-order chi connectivity index (χ0) is 13.5. The molecule has 0 saturated carbocycles. The Hall–Kier alpha value is -1.96. The average Bonchev–Trinajstić information content (AvgIpc) is 2.53. The van der Waals surface area contributed by atoms with Gasteiger partial charge < -0.3 is 5.11 Å². The van der Waals surface area contributed by atoms with Gasteiger partial charge in [-0.05, 0) is 12.1 Å². The lowest BCUT2D eigenvalue weighted by Gasteiger charge is -2.06. The largest absolute Gasteiger partial charge is 0.465 e. The Bertz CT molecular complexity index is 623. The molecule has 2 heterocycles. The molecule has 2 N–H and O–H groups in total. The molecule has 0 aliphatic rings. The predicted molar refractivity (Wildman–Crippen MR) is 56.9 cm³/mol. The number of anilines is 1. The predicted octanol–water partition coefficient (Wildman–Crippen LogP) is 3.10. The first-order chi connectivity index (χ1) is 8.29. The Morgan fingerprint density at radius 3 is 2.67 bits per heavy atom. The van der Waals surface area contributed by atoms with Crippen LogP contribution in [0.4, 0.5) is 23.8 Å². The van der Waals surface area contributed by atoms with Gasteiger partial charge in [-0.1, -0.05) is 11.6 Å².